The Kier molecular flexibility index (Phi) is 4.83. The molecule has 0 radical (unpaired) electrons. The largest absolute Gasteiger partial charge is 0.486 e. The summed E-state index contributed by atoms with van der Waals surface area (Å²) in [6.45, 7) is 6.09. The minimum atomic E-state index is 0.578. The average molecular weight is 372 g/mol. The summed E-state index contributed by atoms with van der Waals surface area (Å²) in [6, 6.07) is 6.00. The van der Waals surface area contributed by atoms with Crippen molar-refractivity contribution >= 4 is 11.8 Å². The molecule has 0 spiro atoms. The SMILES string of the molecule is CCc1nnc(CSc2ncc(-c3ccc4c(c3)OCCO4)n2CC)o1. The van der Waals surface area contributed by atoms with Gasteiger partial charge >= 0.3 is 0 Å². The molecular weight excluding hydrogens is 352 g/mol. The van der Waals surface area contributed by atoms with Crippen molar-refractivity contribution in [3.05, 3.63) is 36.2 Å². The minimum absolute atomic E-state index is 0.578. The van der Waals surface area contributed by atoms with Crippen LogP contribution in [0.2, 0.25) is 0 Å². The van der Waals surface area contributed by atoms with Crippen molar-refractivity contribution in [2.45, 2.75) is 37.7 Å². The van der Waals surface area contributed by atoms with Gasteiger partial charge in [0, 0.05) is 18.5 Å². The normalized spacial score (nSPS) is 13.2. The molecule has 0 N–H and O–H groups in total. The molecule has 7 nitrogen and oxygen atoms in total. The molecule has 0 atom stereocenters. The maximum Gasteiger partial charge on any atom is 0.226 e. The van der Waals surface area contributed by atoms with Crippen LogP contribution in [0.1, 0.15) is 25.6 Å². The zero-order chi connectivity index (χ0) is 17.9. The summed E-state index contributed by atoms with van der Waals surface area (Å²) >= 11 is 1.59. The first-order valence-electron chi connectivity index (χ1n) is 8.68. The van der Waals surface area contributed by atoms with Crippen molar-refractivity contribution in [3.63, 3.8) is 0 Å². The molecule has 3 heterocycles. The lowest BCUT2D eigenvalue weighted by atomic mass is 10.1. The monoisotopic (exact) mass is 372 g/mol. The number of ether oxygens (including phenoxy) is 2. The number of benzene rings is 1. The van der Waals surface area contributed by atoms with Gasteiger partial charge in [-0.3, -0.25) is 0 Å². The lowest BCUT2D eigenvalue weighted by Crippen LogP contribution is -2.15. The van der Waals surface area contributed by atoms with Crippen molar-refractivity contribution < 1.29 is 13.9 Å². The lowest BCUT2D eigenvalue weighted by Gasteiger charge is -2.19. The van der Waals surface area contributed by atoms with Crippen molar-refractivity contribution in [1.82, 2.24) is 19.7 Å². The van der Waals surface area contributed by atoms with E-state index in [2.05, 4.69) is 26.7 Å². The molecule has 0 bridgehead atoms. The Bertz CT molecular complexity index is 906. The van der Waals surface area contributed by atoms with Crippen molar-refractivity contribution in [3.8, 4) is 22.8 Å². The molecule has 0 fully saturated rings. The number of aryl methyl sites for hydroxylation is 1. The standard InChI is InChI=1S/C18H20N4O3S/c1-3-16-20-21-17(25-16)11-26-18-19-10-13(22(18)4-2)12-5-6-14-15(9-12)24-8-7-23-14/h5-6,9-10H,3-4,7-8,11H2,1-2H3. The third-order valence-electron chi connectivity index (χ3n) is 4.11. The minimum Gasteiger partial charge on any atom is -0.486 e. The smallest absolute Gasteiger partial charge is 0.226 e. The van der Waals surface area contributed by atoms with Crippen LogP contribution in [0.5, 0.6) is 11.5 Å². The summed E-state index contributed by atoms with van der Waals surface area (Å²) in [5.74, 6) is 3.46. The summed E-state index contributed by atoms with van der Waals surface area (Å²) in [4.78, 5) is 4.58. The van der Waals surface area contributed by atoms with Gasteiger partial charge in [0.2, 0.25) is 11.8 Å². The van der Waals surface area contributed by atoms with Crippen molar-refractivity contribution in [1.29, 1.82) is 0 Å². The van der Waals surface area contributed by atoms with Crippen LogP contribution in [0.25, 0.3) is 11.3 Å². The highest BCUT2D eigenvalue weighted by Crippen LogP contribution is 2.35. The molecule has 0 aliphatic carbocycles. The first-order valence-corrected chi connectivity index (χ1v) is 9.66. The van der Waals surface area contributed by atoms with Crippen LogP contribution >= 0.6 is 11.8 Å². The fraction of sp³-hybridized carbons (Fsp3) is 0.389. The van der Waals surface area contributed by atoms with Crippen LogP contribution in [-0.2, 0) is 18.7 Å². The second-order valence-corrected chi connectivity index (χ2v) is 6.70. The first-order chi connectivity index (χ1) is 12.8. The highest BCUT2D eigenvalue weighted by Gasteiger charge is 2.17. The molecule has 0 saturated heterocycles. The maximum absolute atomic E-state index is 5.70. The highest BCUT2D eigenvalue weighted by molar-refractivity contribution is 7.98. The summed E-state index contributed by atoms with van der Waals surface area (Å²) in [5, 5.41) is 8.99. The number of hydrogen-bond donors (Lipinski definition) is 0. The average Bonchev–Trinajstić information content (AvgIpc) is 3.32. The summed E-state index contributed by atoms with van der Waals surface area (Å²) in [7, 11) is 0. The summed E-state index contributed by atoms with van der Waals surface area (Å²) in [6.07, 6.45) is 2.64. The zero-order valence-electron chi connectivity index (χ0n) is 14.8. The van der Waals surface area contributed by atoms with E-state index in [1.54, 1.807) is 11.8 Å². The number of nitrogens with zero attached hydrogens (tertiary/aromatic N) is 4. The fourth-order valence-electron chi connectivity index (χ4n) is 2.83. The van der Waals surface area contributed by atoms with E-state index in [0.29, 0.717) is 30.7 Å². The molecular formula is C18H20N4O3S. The van der Waals surface area contributed by atoms with Crippen LogP contribution in [0.15, 0.2) is 34.0 Å². The van der Waals surface area contributed by atoms with Crippen molar-refractivity contribution in [2.24, 2.45) is 0 Å². The molecule has 136 valence electrons. The molecule has 0 unspecified atom stereocenters. The van der Waals surface area contributed by atoms with Gasteiger partial charge in [0.1, 0.15) is 13.2 Å². The van der Waals surface area contributed by atoms with Gasteiger partial charge < -0.3 is 18.5 Å². The van der Waals surface area contributed by atoms with E-state index >= 15 is 0 Å². The second kappa shape index (κ2) is 7.41. The third kappa shape index (κ3) is 3.29. The van der Waals surface area contributed by atoms with Gasteiger partial charge in [-0.2, -0.15) is 0 Å². The van der Waals surface area contributed by atoms with E-state index in [1.807, 2.05) is 31.3 Å². The maximum atomic E-state index is 5.70. The Hall–Kier alpha value is -2.48. The van der Waals surface area contributed by atoms with Crippen LogP contribution in [-0.4, -0.2) is 33.0 Å². The quantitative estimate of drug-likeness (QED) is 0.612. The van der Waals surface area contributed by atoms with Gasteiger partial charge in [0.25, 0.3) is 0 Å². The number of aromatic nitrogens is 4. The molecule has 0 saturated carbocycles. The number of hydrogen-bond acceptors (Lipinski definition) is 7. The molecule has 1 aliphatic rings. The van der Waals surface area contributed by atoms with E-state index in [9.17, 15) is 0 Å². The Morgan fingerprint density at radius 2 is 1.88 bits per heavy atom. The fourth-order valence-corrected chi connectivity index (χ4v) is 3.71. The van der Waals surface area contributed by atoms with Gasteiger partial charge in [-0.1, -0.05) is 18.7 Å². The molecule has 1 aromatic carbocycles. The predicted octanol–water partition coefficient (Wildman–Crippen LogP) is 3.58. The topological polar surface area (TPSA) is 75.2 Å². The molecule has 4 rings (SSSR count). The summed E-state index contributed by atoms with van der Waals surface area (Å²) in [5.41, 5.74) is 2.10. The zero-order valence-corrected chi connectivity index (χ0v) is 15.6. The predicted molar refractivity (Wildman–Crippen MR) is 97.6 cm³/mol. The molecule has 0 amide bonds. The Morgan fingerprint density at radius 1 is 1.08 bits per heavy atom. The lowest BCUT2D eigenvalue weighted by molar-refractivity contribution is 0.171. The van der Waals surface area contributed by atoms with Crippen molar-refractivity contribution in [2.75, 3.05) is 13.2 Å². The van der Waals surface area contributed by atoms with Crippen LogP contribution in [0.4, 0.5) is 0 Å². The Morgan fingerprint density at radius 3 is 2.65 bits per heavy atom. The van der Waals surface area contributed by atoms with Crippen LogP contribution in [0, 0.1) is 0 Å². The Balaban J connectivity index is 1.56. The van der Waals surface area contributed by atoms with E-state index in [1.165, 1.54) is 0 Å². The van der Waals surface area contributed by atoms with E-state index in [4.69, 9.17) is 13.9 Å². The van der Waals surface area contributed by atoms with Gasteiger partial charge in [-0.15, -0.1) is 10.2 Å². The number of imidazole rings is 1. The van der Waals surface area contributed by atoms with Gasteiger partial charge in [-0.25, -0.2) is 4.98 Å². The first kappa shape index (κ1) is 17.0. The highest BCUT2D eigenvalue weighted by atomic mass is 32.2. The number of fused-ring (bicyclic) bond motifs is 1. The Labute approximate surface area is 155 Å². The van der Waals surface area contributed by atoms with Gasteiger partial charge in [0.05, 0.1) is 17.6 Å². The van der Waals surface area contributed by atoms with Gasteiger partial charge in [0.15, 0.2) is 16.7 Å². The molecule has 2 aromatic heterocycles. The second-order valence-electron chi connectivity index (χ2n) is 5.76. The third-order valence-corrected chi connectivity index (χ3v) is 5.08. The molecule has 26 heavy (non-hydrogen) atoms. The number of thioether (sulfide) groups is 1. The van der Waals surface area contributed by atoms with Crippen LogP contribution < -0.4 is 9.47 Å². The van der Waals surface area contributed by atoms with Crippen LogP contribution in [0.3, 0.4) is 0 Å². The molecule has 1 aliphatic heterocycles. The van der Waals surface area contributed by atoms with E-state index in [0.717, 1.165) is 40.9 Å². The number of rotatable bonds is 6. The molecule has 8 heteroatoms. The van der Waals surface area contributed by atoms with Gasteiger partial charge in [-0.05, 0) is 25.1 Å². The molecule has 3 aromatic rings. The van der Waals surface area contributed by atoms with E-state index < -0.39 is 0 Å². The van der Waals surface area contributed by atoms with E-state index in [-0.39, 0.29) is 0 Å². The summed E-state index contributed by atoms with van der Waals surface area (Å²) < 4.78 is 19.0.